The van der Waals surface area contributed by atoms with Gasteiger partial charge in [-0.2, -0.15) is 4.98 Å². The van der Waals surface area contributed by atoms with Crippen LogP contribution in [0.5, 0.6) is 0 Å². The summed E-state index contributed by atoms with van der Waals surface area (Å²) in [6, 6.07) is 6.49. The van der Waals surface area contributed by atoms with Crippen molar-refractivity contribution in [1.29, 1.82) is 0 Å². The number of nitrogens with zero attached hydrogens (tertiary/aromatic N) is 3. The molecule has 1 atom stereocenters. The maximum Gasteiger partial charge on any atom is 0.243 e. The Morgan fingerprint density at radius 1 is 1.35 bits per heavy atom. The summed E-state index contributed by atoms with van der Waals surface area (Å²) >= 11 is 0. The van der Waals surface area contributed by atoms with Gasteiger partial charge in [0.1, 0.15) is 0 Å². The molecule has 4 heteroatoms. The molecule has 4 nitrogen and oxygen atoms in total. The van der Waals surface area contributed by atoms with Crippen LogP contribution in [0.1, 0.15) is 25.0 Å². The van der Waals surface area contributed by atoms with E-state index in [-0.39, 0.29) is 0 Å². The molecular weight excluding hydrogens is 212 g/mol. The molecule has 0 spiro atoms. The number of aromatic nitrogens is 3. The van der Waals surface area contributed by atoms with Gasteiger partial charge in [0.25, 0.3) is 0 Å². The van der Waals surface area contributed by atoms with Crippen molar-refractivity contribution in [1.82, 2.24) is 14.6 Å². The lowest BCUT2D eigenvalue weighted by atomic mass is 10.0. The highest BCUT2D eigenvalue weighted by Crippen LogP contribution is 2.16. The summed E-state index contributed by atoms with van der Waals surface area (Å²) < 4.78 is 1.88. The predicted molar refractivity (Wildman–Crippen MR) is 68.1 cm³/mol. The van der Waals surface area contributed by atoms with Gasteiger partial charge in [0.05, 0.1) is 0 Å². The third kappa shape index (κ3) is 2.02. The quantitative estimate of drug-likeness (QED) is 0.803. The summed E-state index contributed by atoms with van der Waals surface area (Å²) in [6.07, 6.45) is 7.82. The second kappa shape index (κ2) is 4.20. The van der Waals surface area contributed by atoms with Crippen molar-refractivity contribution < 1.29 is 0 Å². The zero-order chi connectivity index (χ0) is 11.7. The molecule has 0 amide bonds. The van der Waals surface area contributed by atoms with E-state index in [2.05, 4.69) is 27.6 Å². The first kappa shape index (κ1) is 10.3. The number of rotatable bonds is 2. The Labute approximate surface area is 100 Å². The van der Waals surface area contributed by atoms with E-state index in [1.807, 2.05) is 29.6 Å². The van der Waals surface area contributed by atoms with E-state index < -0.39 is 0 Å². The molecule has 0 bridgehead atoms. The normalized spacial score (nSPS) is 19.7. The molecule has 0 saturated carbocycles. The first-order valence-corrected chi connectivity index (χ1v) is 6.07. The van der Waals surface area contributed by atoms with E-state index in [9.17, 15) is 0 Å². The van der Waals surface area contributed by atoms with Gasteiger partial charge in [-0.1, -0.05) is 18.2 Å². The van der Waals surface area contributed by atoms with E-state index in [0.717, 1.165) is 36.6 Å². The lowest BCUT2D eigenvalue weighted by Gasteiger charge is -2.17. The zero-order valence-electron chi connectivity index (χ0n) is 9.93. The molecular formula is C13H16N4. The fourth-order valence-corrected chi connectivity index (χ4v) is 2.20. The molecule has 2 aromatic rings. The van der Waals surface area contributed by atoms with Crippen molar-refractivity contribution in [3.63, 3.8) is 0 Å². The fraction of sp³-hybridized carbons (Fsp3) is 0.385. The van der Waals surface area contributed by atoms with E-state index in [1.165, 1.54) is 0 Å². The van der Waals surface area contributed by atoms with Crippen LogP contribution >= 0.6 is 0 Å². The van der Waals surface area contributed by atoms with E-state index in [4.69, 9.17) is 0 Å². The smallest absolute Gasteiger partial charge is 0.243 e. The van der Waals surface area contributed by atoms with Crippen LogP contribution in [0.25, 0.3) is 5.65 Å². The van der Waals surface area contributed by atoms with Crippen LogP contribution in [-0.2, 0) is 0 Å². The van der Waals surface area contributed by atoms with E-state index in [0.29, 0.717) is 6.04 Å². The van der Waals surface area contributed by atoms with Crippen molar-refractivity contribution in [2.75, 3.05) is 5.32 Å². The number of allylic oxidation sites excluding steroid dienone is 1. The highest BCUT2D eigenvalue weighted by molar-refractivity contribution is 5.44. The molecule has 3 rings (SSSR count). The zero-order valence-corrected chi connectivity index (χ0v) is 9.93. The Kier molecular flexibility index (Phi) is 2.55. The molecule has 17 heavy (non-hydrogen) atoms. The standard InChI is InChI=1S/C13H16N4/c1-10-6-5-9-12-15-13(16-17(10)12)14-11-7-3-2-4-8-11/h2-3,5-6,9,11H,4,7-8H2,1H3,(H,14,16). The van der Waals surface area contributed by atoms with Gasteiger partial charge >= 0.3 is 0 Å². The molecule has 1 N–H and O–H groups in total. The Balaban J connectivity index is 1.86. The number of fused-ring (bicyclic) bond motifs is 1. The highest BCUT2D eigenvalue weighted by Gasteiger charge is 2.12. The minimum atomic E-state index is 0.470. The van der Waals surface area contributed by atoms with Crippen LogP contribution in [0.2, 0.25) is 0 Å². The van der Waals surface area contributed by atoms with Crippen LogP contribution in [0, 0.1) is 6.92 Å². The average Bonchev–Trinajstić information content (AvgIpc) is 2.74. The number of pyridine rings is 1. The molecule has 0 radical (unpaired) electrons. The largest absolute Gasteiger partial charge is 0.350 e. The summed E-state index contributed by atoms with van der Waals surface area (Å²) in [7, 11) is 0. The van der Waals surface area contributed by atoms with E-state index in [1.54, 1.807) is 0 Å². The van der Waals surface area contributed by atoms with Crippen LogP contribution in [0.3, 0.4) is 0 Å². The van der Waals surface area contributed by atoms with Gasteiger partial charge in [-0.05, 0) is 38.3 Å². The third-order valence-corrected chi connectivity index (χ3v) is 3.15. The summed E-state index contributed by atoms with van der Waals surface area (Å²) in [6.45, 7) is 2.04. The van der Waals surface area contributed by atoms with Gasteiger partial charge in [0.15, 0.2) is 5.65 Å². The molecule has 0 fully saturated rings. The SMILES string of the molecule is Cc1cccc2nc(NC3CC=CCC3)nn12. The van der Waals surface area contributed by atoms with Crippen molar-refractivity contribution in [3.8, 4) is 0 Å². The molecule has 0 aliphatic heterocycles. The summed E-state index contributed by atoms with van der Waals surface area (Å²) in [5.41, 5.74) is 2.01. The van der Waals surface area contributed by atoms with Crippen LogP contribution in [-0.4, -0.2) is 20.6 Å². The number of hydrogen-bond acceptors (Lipinski definition) is 3. The van der Waals surface area contributed by atoms with Gasteiger partial charge in [-0.15, -0.1) is 5.10 Å². The number of hydrogen-bond donors (Lipinski definition) is 1. The Hall–Kier alpha value is -1.84. The second-order valence-corrected chi connectivity index (χ2v) is 4.50. The van der Waals surface area contributed by atoms with Crippen molar-refractivity contribution in [2.45, 2.75) is 32.2 Å². The van der Waals surface area contributed by atoms with Crippen LogP contribution in [0.4, 0.5) is 5.95 Å². The monoisotopic (exact) mass is 228 g/mol. The molecule has 0 aromatic carbocycles. The molecule has 1 unspecified atom stereocenters. The molecule has 2 aromatic heterocycles. The number of aryl methyl sites for hydroxylation is 1. The average molecular weight is 228 g/mol. The number of nitrogens with one attached hydrogen (secondary N) is 1. The van der Waals surface area contributed by atoms with Crippen LogP contribution in [0.15, 0.2) is 30.4 Å². The highest BCUT2D eigenvalue weighted by atomic mass is 15.4. The fourth-order valence-electron chi connectivity index (χ4n) is 2.20. The van der Waals surface area contributed by atoms with Crippen LogP contribution < -0.4 is 5.32 Å². The minimum Gasteiger partial charge on any atom is -0.350 e. The molecule has 88 valence electrons. The van der Waals surface area contributed by atoms with Gasteiger partial charge in [0, 0.05) is 11.7 Å². The molecule has 1 aliphatic carbocycles. The lowest BCUT2D eigenvalue weighted by molar-refractivity contribution is 0.638. The van der Waals surface area contributed by atoms with Gasteiger partial charge in [-0.3, -0.25) is 0 Å². The maximum atomic E-state index is 4.48. The lowest BCUT2D eigenvalue weighted by Crippen LogP contribution is -2.21. The maximum absolute atomic E-state index is 4.48. The minimum absolute atomic E-state index is 0.470. The molecule has 2 heterocycles. The van der Waals surface area contributed by atoms with Gasteiger partial charge < -0.3 is 5.32 Å². The Morgan fingerprint density at radius 3 is 3.06 bits per heavy atom. The number of anilines is 1. The summed E-state index contributed by atoms with van der Waals surface area (Å²) in [4.78, 5) is 4.48. The summed E-state index contributed by atoms with van der Waals surface area (Å²) in [5, 5.41) is 7.88. The Bertz CT molecular complexity index is 556. The second-order valence-electron chi connectivity index (χ2n) is 4.50. The molecule has 1 aliphatic rings. The Morgan fingerprint density at radius 2 is 2.29 bits per heavy atom. The predicted octanol–water partition coefficient (Wildman–Crippen LogP) is 2.56. The topological polar surface area (TPSA) is 42.2 Å². The first-order chi connectivity index (χ1) is 8.33. The third-order valence-electron chi connectivity index (χ3n) is 3.15. The van der Waals surface area contributed by atoms with Crippen molar-refractivity contribution in [3.05, 3.63) is 36.0 Å². The first-order valence-electron chi connectivity index (χ1n) is 6.07. The van der Waals surface area contributed by atoms with Crippen molar-refractivity contribution in [2.24, 2.45) is 0 Å². The van der Waals surface area contributed by atoms with Gasteiger partial charge in [0.2, 0.25) is 5.95 Å². The molecule has 0 saturated heterocycles. The summed E-state index contributed by atoms with van der Waals surface area (Å²) in [5.74, 6) is 0.736. The van der Waals surface area contributed by atoms with Gasteiger partial charge in [-0.25, -0.2) is 4.52 Å². The van der Waals surface area contributed by atoms with E-state index >= 15 is 0 Å². The van der Waals surface area contributed by atoms with Crippen molar-refractivity contribution >= 4 is 11.6 Å².